The summed E-state index contributed by atoms with van der Waals surface area (Å²) in [4.78, 5) is 27.0. The van der Waals surface area contributed by atoms with Crippen molar-refractivity contribution < 1.29 is 23.1 Å². The highest BCUT2D eigenvalue weighted by molar-refractivity contribution is 8.00. The predicted octanol–water partition coefficient (Wildman–Crippen LogP) is 6.24. The fourth-order valence-corrected chi connectivity index (χ4v) is 4.13. The smallest absolute Gasteiger partial charge is 0.387 e. The normalized spacial score (nSPS) is 10.7. The Morgan fingerprint density at radius 3 is 2.45 bits per heavy atom. The number of anilines is 1. The summed E-state index contributed by atoms with van der Waals surface area (Å²) < 4.78 is 28.8. The molecule has 0 radical (unpaired) electrons. The summed E-state index contributed by atoms with van der Waals surface area (Å²) in [5, 5.41) is 2.89. The van der Waals surface area contributed by atoms with Crippen molar-refractivity contribution in [2.24, 2.45) is 0 Å². The summed E-state index contributed by atoms with van der Waals surface area (Å²) >= 11 is 2.83. The van der Waals surface area contributed by atoms with E-state index in [0.717, 1.165) is 4.90 Å². The lowest BCUT2D eigenvalue weighted by molar-refractivity contribution is -0.0498. The van der Waals surface area contributed by atoms with Gasteiger partial charge >= 0.3 is 6.61 Å². The van der Waals surface area contributed by atoms with Crippen LogP contribution in [0, 0.1) is 0 Å². The summed E-state index contributed by atoms with van der Waals surface area (Å²) in [5.41, 5.74) is 1.54. The van der Waals surface area contributed by atoms with Gasteiger partial charge in [-0.05, 0) is 60.9 Å². The second kappa shape index (κ2) is 11.0. The van der Waals surface area contributed by atoms with Crippen molar-refractivity contribution in [2.45, 2.75) is 16.4 Å². The molecule has 0 saturated carbocycles. The SMILES string of the molecule is CSc1cccc(NC(=O)c2ccccc2SCC(=O)c2ccc(OC(F)F)cc2)c1. The number of carbonyl (C=O) groups is 2. The van der Waals surface area contributed by atoms with Crippen LogP contribution in [0.3, 0.4) is 0 Å². The topological polar surface area (TPSA) is 55.4 Å². The number of ketones is 1. The average Bonchev–Trinajstić information content (AvgIpc) is 2.78. The Kier molecular flexibility index (Phi) is 8.08. The number of Topliss-reactive ketones (excluding diaryl/α,β-unsaturated/α-hetero) is 1. The molecular formula is C23H19F2NO3S2. The highest BCUT2D eigenvalue weighted by atomic mass is 32.2. The van der Waals surface area contributed by atoms with Crippen molar-refractivity contribution in [3.8, 4) is 5.75 Å². The summed E-state index contributed by atoms with van der Waals surface area (Å²) in [6.45, 7) is -2.91. The van der Waals surface area contributed by atoms with Crippen molar-refractivity contribution in [1.82, 2.24) is 0 Å². The van der Waals surface area contributed by atoms with E-state index in [4.69, 9.17) is 0 Å². The van der Waals surface area contributed by atoms with E-state index in [2.05, 4.69) is 10.1 Å². The molecule has 0 spiro atoms. The number of thioether (sulfide) groups is 2. The molecule has 0 unspecified atom stereocenters. The lowest BCUT2D eigenvalue weighted by Crippen LogP contribution is -2.13. The summed E-state index contributed by atoms with van der Waals surface area (Å²) in [7, 11) is 0. The number of benzene rings is 3. The molecule has 1 amide bonds. The van der Waals surface area contributed by atoms with Crippen LogP contribution in [-0.4, -0.2) is 30.3 Å². The van der Waals surface area contributed by atoms with Crippen molar-refractivity contribution in [3.63, 3.8) is 0 Å². The van der Waals surface area contributed by atoms with Crippen LogP contribution in [-0.2, 0) is 0 Å². The zero-order valence-electron chi connectivity index (χ0n) is 16.5. The van der Waals surface area contributed by atoms with E-state index >= 15 is 0 Å². The van der Waals surface area contributed by atoms with Gasteiger partial charge in [0.15, 0.2) is 5.78 Å². The van der Waals surface area contributed by atoms with Crippen molar-refractivity contribution in [3.05, 3.63) is 83.9 Å². The number of ether oxygens (including phenoxy) is 1. The second-order valence-corrected chi connectivity index (χ2v) is 8.19. The molecular weight excluding hydrogens is 440 g/mol. The first-order valence-corrected chi connectivity index (χ1v) is 11.4. The highest BCUT2D eigenvalue weighted by Crippen LogP contribution is 2.26. The number of rotatable bonds is 9. The Labute approximate surface area is 187 Å². The predicted molar refractivity (Wildman–Crippen MR) is 121 cm³/mol. The number of carbonyl (C=O) groups excluding carboxylic acids is 2. The van der Waals surface area contributed by atoms with E-state index in [0.29, 0.717) is 21.7 Å². The Bertz CT molecular complexity index is 1060. The molecule has 0 aliphatic heterocycles. The Morgan fingerprint density at radius 2 is 1.74 bits per heavy atom. The molecule has 0 bridgehead atoms. The molecule has 160 valence electrons. The van der Waals surface area contributed by atoms with Crippen molar-refractivity contribution in [1.29, 1.82) is 0 Å². The minimum atomic E-state index is -2.91. The van der Waals surface area contributed by atoms with Gasteiger partial charge in [-0.2, -0.15) is 8.78 Å². The van der Waals surface area contributed by atoms with Gasteiger partial charge in [0.2, 0.25) is 0 Å². The third kappa shape index (κ3) is 6.57. The molecule has 0 aromatic heterocycles. The van der Waals surface area contributed by atoms with Gasteiger partial charge in [-0.15, -0.1) is 23.5 Å². The Balaban J connectivity index is 1.66. The van der Waals surface area contributed by atoms with Gasteiger partial charge in [0.1, 0.15) is 5.75 Å². The van der Waals surface area contributed by atoms with Crippen LogP contribution in [0.25, 0.3) is 0 Å². The molecule has 3 aromatic carbocycles. The second-order valence-electron chi connectivity index (χ2n) is 6.30. The van der Waals surface area contributed by atoms with Gasteiger partial charge in [-0.25, -0.2) is 0 Å². The molecule has 0 atom stereocenters. The number of hydrogen-bond acceptors (Lipinski definition) is 5. The highest BCUT2D eigenvalue weighted by Gasteiger charge is 2.14. The maximum absolute atomic E-state index is 12.8. The van der Waals surface area contributed by atoms with Crippen LogP contribution in [0.1, 0.15) is 20.7 Å². The quantitative estimate of drug-likeness (QED) is 0.303. The van der Waals surface area contributed by atoms with Crippen molar-refractivity contribution in [2.75, 3.05) is 17.3 Å². The fourth-order valence-electron chi connectivity index (χ4n) is 2.73. The zero-order valence-corrected chi connectivity index (χ0v) is 18.1. The number of alkyl halides is 2. The zero-order chi connectivity index (χ0) is 22.2. The first kappa shape index (κ1) is 22.8. The van der Waals surface area contributed by atoms with E-state index in [-0.39, 0.29) is 23.2 Å². The van der Waals surface area contributed by atoms with Gasteiger partial charge in [0, 0.05) is 21.0 Å². The molecule has 0 saturated heterocycles. The molecule has 0 aliphatic carbocycles. The molecule has 4 nitrogen and oxygen atoms in total. The summed E-state index contributed by atoms with van der Waals surface area (Å²) in [5.74, 6) is -0.355. The minimum absolute atomic E-state index is 0.00763. The summed E-state index contributed by atoms with van der Waals surface area (Å²) in [6, 6.07) is 20.1. The molecule has 31 heavy (non-hydrogen) atoms. The maximum atomic E-state index is 12.8. The van der Waals surface area contributed by atoms with Gasteiger partial charge in [0.05, 0.1) is 11.3 Å². The monoisotopic (exact) mass is 459 g/mol. The fraction of sp³-hybridized carbons (Fsp3) is 0.130. The Hall–Kier alpha value is -2.84. The van der Waals surface area contributed by atoms with E-state index < -0.39 is 6.61 Å². The largest absolute Gasteiger partial charge is 0.435 e. The molecule has 3 aromatic rings. The van der Waals surface area contributed by atoms with Crippen LogP contribution >= 0.6 is 23.5 Å². The van der Waals surface area contributed by atoms with E-state index in [1.54, 1.807) is 36.0 Å². The van der Waals surface area contributed by atoms with E-state index in [1.807, 2.05) is 30.5 Å². The van der Waals surface area contributed by atoms with Crippen LogP contribution in [0.5, 0.6) is 5.75 Å². The number of amides is 1. The third-order valence-corrected chi connectivity index (χ3v) is 6.02. The first-order valence-electron chi connectivity index (χ1n) is 9.21. The van der Waals surface area contributed by atoms with Gasteiger partial charge in [-0.3, -0.25) is 9.59 Å². The van der Waals surface area contributed by atoms with Crippen LogP contribution in [0.15, 0.2) is 82.6 Å². The Morgan fingerprint density at radius 1 is 1.00 bits per heavy atom. The molecule has 0 fully saturated rings. The van der Waals surface area contributed by atoms with E-state index in [9.17, 15) is 18.4 Å². The lowest BCUT2D eigenvalue weighted by Gasteiger charge is -2.11. The maximum Gasteiger partial charge on any atom is 0.387 e. The summed E-state index contributed by atoms with van der Waals surface area (Å²) in [6.07, 6.45) is 1.96. The molecule has 0 aliphatic rings. The lowest BCUT2D eigenvalue weighted by atomic mass is 10.1. The number of halogens is 2. The molecule has 1 N–H and O–H groups in total. The molecule has 3 rings (SSSR count). The van der Waals surface area contributed by atoms with Crippen LogP contribution in [0.4, 0.5) is 14.5 Å². The average molecular weight is 460 g/mol. The molecule has 8 heteroatoms. The minimum Gasteiger partial charge on any atom is -0.435 e. The van der Waals surface area contributed by atoms with Gasteiger partial charge < -0.3 is 10.1 Å². The first-order chi connectivity index (χ1) is 15.0. The van der Waals surface area contributed by atoms with Gasteiger partial charge in [-0.1, -0.05) is 18.2 Å². The van der Waals surface area contributed by atoms with Crippen LogP contribution in [0.2, 0.25) is 0 Å². The third-order valence-electron chi connectivity index (χ3n) is 4.22. The molecule has 0 heterocycles. The number of hydrogen-bond donors (Lipinski definition) is 1. The van der Waals surface area contributed by atoms with Crippen molar-refractivity contribution >= 4 is 40.9 Å². The van der Waals surface area contributed by atoms with E-state index in [1.165, 1.54) is 36.0 Å². The van der Waals surface area contributed by atoms with Gasteiger partial charge in [0.25, 0.3) is 5.91 Å². The number of nitrogens with one attached hydrogen (secondary N) is 1. The van der Waals surface area contributed by atoms with Crippen LogP contribution < -0.4 is 10.1 Å². The standard InChI is InChI=1S/C23H19F2NO3S2/c1-30-18-6-4-5-16(13-18)26-22(28)19-7-2-3-8-21(19)31-14-20(27)15-9-11-17(12-10-15)29-23(24)25/h2-13,23H,14H2,1H3,(H,26,28).